The Hall–Kier alpha value is -2.06. The molecule has 26 heavy (non-hydrogen) atoms. The van der Waals surface area contributed by atoms with Crippen LogP contribution in [0.2, 0.25) is 0 Å². The van der Waals surface area contributed by atoms with Crippen molar-refractivity contribution in [3.63, 3.8) is 0 Å². The van der Waals surface area contributed by atoms with Crippen LogP contribution >= 0.6 is 27.3 Å². The van der Waals surface area contributed by atoms with Crippen LogP contribution in [0.5, 0.6) is 5.75 Å². The molecule has 0 aliphatic carbocycles. The van der Waals surface area contributed by atoms with Crippen LogP contribution < -0.4 is 4.74 Å². The zero-order chi connectivity index (χ0) is 18.9. The van der Waals surface area contributed by atoms with E-state index in [-0.39, 0.29) is 12.2 Å². The van der Waals surface area contributed by atoms with Gasteiger partial charge in [-0.1, -0.05) is 18.2 Å². The average Bonchev–Trinajstić information content (AvgIpc) is 2.99. The topological polar surface area (TPSA) is 35.5 Å². The minimum absolute atomic E-state index is 0.0246. The number of methoxy groups -OCH3 is 1. The molecule has 8 heteroatoms. The highest BCUT2D eigenvalue weighted by molar-refractivity contribution is 9.11. The fourth-order valence-electron chi connectivity index (χ4n) is 2.41. The quantitative estimate of drug-likeness (QED) is 0.459. The lowest BCUT2D eigenvalue weighted by molar-refractivity contribution is -0.137. The van der Waals surface area contributed by atoms with E-state index in [1.54, 1.807) is 12.1 Å². The lowest BCUT2D eigenvalue weighted by Crippen LogP contribution is -2.07. The normalized spacial score (nSPS) is 11.6. The van der Waals surface area contributed by atoms with Crippen LogP contribution in [0, 0.1) is 0 Å². The molecule has 2 aromatic carbocycles. The summed E-state index contributed by atoms with van der Waals surface area (Å²) >= 11 is 4.80. The van der Waals surface area contributed by atoms with Crippen molar-refractivity contribution in [3.8, 4) is 5.75 Å². The summed E-state index contributed by atoms with van der Waals surface area (Å²) in [4.78, 5) is 12.0. The number of ether oxygens (including phenoxy) is 2. The molecule has 3 nitrogen and oxygen atoms in total. The molecule has 0 bridgehead atoms. The lowest BCUT2D eigenvalue weighted by atomic mass is 10.1. The Kier molecular flexibility index (Phi) is 5.24. The zero-order valence-electron chi connectivity index (χ0n) is 13.4. The van der Waals surface area contributed by atoms with Crippen LogP contribution in [-0.4, -0.2) is 13.1 Å². The van der Waals surface area contributed by atoms with Crippen molar-refractivity contribution in [2.45, 2.75) is 12.8 Å². The summed E-state index contributed by atoms with van der Waals surface area (Å²) < 4.78 is 50.1. The number of thiophene rings is 1. The standard InChI is InChI=1S/C18H12BrF3O3S/c1-24-17(23)13-7-4-11-8-14(19)26-16(11)15(13)25-9-10-2-5-12(6-3-10)18(20,21)22/h2-8H,9H2,1H3. The summed E-state index contributed by atoms with van der Waals surface area (Å²) in [5, 5.41) is 0.886. The number of carbonyl (C=O) groups is 1. The second kappa shape index (κ2) is 7.28. The number of hydrogen-bond acceptors (Lipinski definition) is 4. The largest absolute Gasteiger partial charge is 0.486 e. The molecule has 0 aliphatic heterocycles. The number of alkyl halides is 3. The van der Waals surface area contributed by atoms with Gasteiger partial charge in [0.1, 0.15) is 12.2 Å². The van der Waals surface area contributed by atoms with Gasteiger partial charge in [0, 0.05) is 0 Å². The fourth-order valence-corrected chi connectivity index (χ4v) is 4.03. The minimum Gasteiger partial charge on any atom is -0.486 e. The van der Waals surface area contributed by atoms with E-state index < -0.39 is 17.7 Å². The van der Waals surface area contributed by atoms with E-state index in [2.05, 4.69) is 15.9 Å². The highest BCUT2D eigenvalue weighted by Gasteiger charge is 2.30. The smallest absolute Gasteiger partial charge is 0.416 e. The summed E-state index contributed by atoms with van der Waals surface area (Å²) in [6.07, 6.45) is -4.38. The van der Waals surface area contributed by atoms with Crippen LogP contribution in [0.25, 0.3) is 10.1 Å². The summed E-state index contributed by atoms with van der Waals surface area (Å²) in [6.45, 7) is 0.0246. The molecule has 136 valence electrons. The monoisotopic (exact) mass is 444 g/mol. The van der Waals surface area contributed by atoms with Gasteiger partial charge in [-0.05, 0) is 51.1 Å². The molecule has 0 radical (unpaired) electrons. The maximum atomic E-state index is 12.6. The molecular formula is C18H12BrF3O3S. The lowest BCUT2D eigenvalue weighted by Gasteiger charge is -2.12. The van der Waals surface area contributed by atoms with Gasteiger partial charge in [-0.15, -0.1) is 11.3 Å². The molecule has 0 aliphatic rings. The molecule has 0 saturated heterocycles. The van der Waals surface area contributed by atoms with Gasteiger partial charge in [-0.3, -0.25) is 0 Å². The molecule has 0 spiro atoms. The Morgan fingerprint density at radius 2 is 1.85 bits per heavy atom. The maximum absolute atomic E-state index is 12.6. The number of halogens is 4. The molecule has 0 fully saturated rings. The summed E-state index contributed by atoms with van der Waals surface area (Å²) in [5.41, 5.74) is 0.100. The van der Waals surface area contributed by atoms with E-state index in [0.717, 1.165) is 26.0 Å². The molecule has 0 saturated carbocycles. The van der Waals surface area contributed by atoms with E-state index in [0.29, 0.717) is 11.3 Å². The van der Waals surface area contributed by atoms with E-state index in [1.165, 1.54) is 30.6 Å². The first-order chi connectivity index (χ1) is 12.3. The predicted octanol–water partition coefficient (Wildman–Crippen LogP) is 6.05. The molecule has 0 unspecified atom stereocenters. The van der Waals surface area contributed by atoms with Crippen LogP contribution in [0.3, 0.4) is 0 Å². The summed E-state index contributed by atoms with van der Waals surface area (Å²) in [5.74, 6) is -0.191. The van der Waals surface area contributed by atoms with E-state index in [4.69, 9.17) is 9.47 Å². The van der Waals surface area contributed by atoms with Gasteiger partial charge >= 0.3 is 12.1 Å². The first-order valence-corrected chi connectivity index (χ1v) is 9.00. The van der Waals surface area contributed by atoms with E-state index in [9.17, 15) is 18.0 Å². The van der Waals surface area contributed by atoms with Crippen molar-refractivity contribution >= 4 is 43.3 Å². The molecule has 0 atom stereocenters. The van der Waals surface area contributed by atoms with Gasteiger partial charge in [-0.2, -0.15) is 13.2 Å². The Morgan fingerprint density at radius 1 is 1.15 bits per heavy atom. The molecule has 3 aromatic rings. The van der Waals surface area contributed by atoms with Crippen LogP contribution in [-0.2, 0) is 17.5 Å². The summed E-state index contributed by atoms with van der Waals surface area (Å²) in [6, 6.07) is 10.00. The van der Waals surface area contributed by atoms with Gasteiger partial charge in [0.2, 0.25) is 0 Å². The second-order valence-electron chi connectivity index (χ2n) is 5.39. The zero-order valence-corrected chi connectivity index (χ0v) is 15.8. The Bertz CT molecular complexity index is 949. The Balaban J connectivity index is 1.91. The van der Waals surface area contributed by atoms with Crippen LogP contribution in [0.15, 0.2) is 46.3 Å². The van der Waals surface area contributed by atoms with Gasteiger partial charge in [0.15, 0.2) is 5.75 Å². The van der Waals surface area contributed by atoms with E-state index in [1.807, 2.05) is 6.07 Å². The van der Waals surface area contributed by atoms with Crippen molar-refractivity contribution in [1.82, 2.24) is 0 Å². The van der Waals surface area contributed by atoms with Crippen LogP contribution in [0.4, 0.5) is 13.2 Å². The summed E-state index contributed by atoms with van der Waals surface area (Å²) in [7, 11) is 1.27. The number of rotatable bonds is 4. The van der Waals surface area contributed by atoms with Gasteiger partial charge in [-0.25, -0.2) is 4.79 Å². The first kappa shape index (κ1) is 18.7. The maximum Gasteiger partial charge on any atom is 0.416 e. The molecular weight excluding hydrogens is 433 g/mol. The second-order valence-corrected chi connectivity index (χ2v) is 7.82. The Labute approximate surface area is 159 Å². The van der Waals surface area contributed by atoms with Gasteiger partial charge in [0.25, 0.3) is 0 Å². The van der Waals surface area contributed by atoms with E-state index >= 15 is 0 Å². The third-order valence-electron chi connectivity index (χ3n) is 3.68. The molecule has 1 aromatic heterocycles. The number of esters is 1. The molecule has 0 N–H and O–H groups in total. The van der Waals surface area contributed by atoms with Crippen molar-refractivity contribution < 1.29 is 27.4 Å². The predicted molar refractivity (Wildman–Crippen MR) is 96.6 cm³/mol. The molecule has 3 rings (SSSR count). The van der Waals surface area contributed by atoms with Crippen molar-refractivity contribution in [2.24, 2.45) is 0 Å². The Morgan fingerprint density at radius 3 is 2.46 bits per heavy atom. The fraction of sp³-hybridized carbons (Fsp3) is 0.167. The highest BCUT2D eigenvalue weighted by Crippen LogP contribution is 2.39. The SMILES string of the molecule is COC(=O)c1ccc2cc(Br)sc2c1OCc1ccc(C(F)(F)F)cc1. The third kappa shape index (κ3) is 3.86. The molecule has 0 amide bonds. The number of benzene rings is 2. The van der Waals surface area contributed by atoms with Crippen LogP contribution in [0.1, 0.15) is 21.5 Å². The third-order valence-corrected chi connectivity index (χ3v) is 5.33. The van der Waals surface area contributed by atoms with Crippen molar-refractivity contribution in [1.29, 1.82) is 0 Å². The molecule has 1 heterocycles. The minimum atomic E-state index is -4.38. The van der Waals surface area contributed by atoms with Gasteiger partial charge < -0.3 is 9.47 Å². The van der Waals surface area contributed by atoms with Gasteiger partial charge in [0.05, 0.1) is 21.2 Å². The average molecular weight is 445 g/mol. The highest BCUT2D eigenvalue weighted by atomic mass is 79.9. The number of hydrogen-bond donors (Lipinski definition) is 0. The first-order valence-electron chi connectivity index (χ1n) is 7.39. The number of fused-ring (bicyclic) bond motifs is 1. The number of carbonyl (C=O) groups excluding carboxylic acids is 1. The van der Waals surface area contributed by atoms with Crippen molar-refractivity contribution in [2.75, 3.05) is 7.11 Å². The van der Waals surface area contributed by atoms with Crippen molar-refractivity contribution in [3.05, 3.63) is 62.9 Å².